The van der Waals surface area contributed by atoms with Crippen LogP contribution in [0.3, 0.4) is 0 Å². The first-order chi connectivity index (χ1) is 7.20. The third-order valence-electron chi connectivity index (χ3n) is 1.86. The van der Waals surface area contributed by atoms with Crippen LogP contribution in [0.4, 0.5) is 0 Å². The number of carboxylic acid groups (broad SMARTS) is 1. The Bertz CT molecular complexity index is 300. The van der Waals surface area contributed by atoms with E-state index in [1.165, 1.54) is 11.8 Å². The number of aliphatic carboxylic acids is 1. The molecule has 1 rings (SSSR count). The van der Waals surface area contributed by atoms with Crippen LogP contribution in [0.2, 0.25) is 0 Å². The number of thioether (sulfide) groups is 1. The van der Waals surface area contributed by atoms with Crippen molar-refractivity contribution in [1.82, 2.24) is 0 Å². The highest BCUT2D eigenvalue weighted by atomic mass is 32.2. The van der Waals surface area contributed by atoms with Gasteiger partial charge in [0.1, 0.15) is 5.25 Å². The van der Waals surface area contributed by atoms with Crippen LogP contribution in [0.5, 0.6) is 0 Å². The molecule has 4 heteroatoms. The second kappa shape index (κ2) is 6.48. The molecule has 3 nitrogen and oxygen atoms in total. The Morgan fingerprint density at radius 3 is 2.73 bits per heavy atom. The van der Waals surface area contributed by atoms with Gasteiger partial charge in [-0.15, -0.1) is 11.8 Å². The van der Waals surface area contributed by atoms with E-state index >= 15 is 0 Å². The van der Waals surface area contributed by atoms with Crippen LogP contribution in [0.25, 0.3) is 0 Å². The van der Waals surface area contributed by atoms with Gasteiger partial charge in [-0.2, -0.15) is 0 Å². The molecule has 0 amide bonds. The molecule has 1 aromatic carbocycles. The number of rotatable bonds is 6. The molecular formula is C11H14O3S. The average Bonchev–Trinajstić information content (AvgIpc) is 2.25. The summed E-state index contributed by atoms with van der Waals surface area (Å²) < 4.78 is 5.34. The van der Waals surface area contributed by atoms with Gasteiger partial charge < -0.3 is 9.84 Å². The van der Waals surface area contributed by atoms with Crippen LogP contribution in [0.1, 0.15) is 12.5 Å². The van der Waals surface area contributed by atoms with Crippen LogP contribution in [0.15, 0.2) is 30.3 Å². The lowest BCUT2D eigenvalue weighted by atomic mass is 10.2. The van der Waals surface area contributed by atoms with Gasteiger partial charge in [0, 0.05) is 0 Å². The fourth-order valence-electron chi connectivity index (χ4n) is 0.955. The molecule has 0 aliphatic carbocycles. The van der Waals surface area contributed by atoms with Crippen molar-refractivity contribution in [2.24, 2.45) is 0 Å². The molecule has 0 fully saturated rings. The second-order valence-electron chi connectivity index (χ2n) is 3.10. The minimum Gasteiger partial charge on any atom is -0.480 e. The highest BCUT2D eigenvalue weighted by Gasteiger charge is 2.10. The van der Waals surface area contributed by atoms with Crippen molar-refractivity contribution in [3.05, 3.63) is 35.9 Å². The molecule has 0 aliphatic heterocycles. The summed E-state index contributed by atoms with van der Waals surface area (Å²) in [4.78, 5) is 10.5. The van der Waals surface area contributed by atoms with Crippen LogP contribution >= 0.6 is 11.8 Å². The number of hydrogen-bond donors (Lipinski definition) is 1. The molecule has 15 heavy (non-hydrogen) atoms. The third-order valence-corrected chi connectivity index (χ3v) is 2.87. The molecule has 1 aromatic rings. The normalized spacial score (nSPS) is 12.3. The lowest BCUT2D eigenvalue weighted by molar-refractivity contribution is -0.136. The fraction of sp³-hybridized carbons (Fsp3) is 0.364. The van der Waals surface area contributed by atoms with E-state index in [-0.39, 0.29) is 0 Å². The maximum atomic E-state index is 10.5. The van der Waals surface area contributed by atoms with Gasteiger partial charge in [-0.1, -0.05) is 30.3 Å². The summed E-state index contributed by atoms with van der Waals surface area (Å²) in [5.41, 5.74) is 1.10. The number of benzene rings is 1. The summed E-state index contributed by atoms with van der Waals surface area (Å²) in [5.74, 6) is -0.397. The molecule has 0 saturated heterocycles. The van der Waals surface area contributed by atoms with Gasteiger partial charge in [-0.3, -0.25) is 4.79 Å². The number of carboxylic acids is 1. The van der Waals surface area contributed by atoms with Gasteiger partial charge in [-0.25, -0.2) is 0 Å². The van der Waals surface area contributed by atoms with Gasteiger partial charge in [-0.05, 0) is 12.5 Å². The minimum atomic E-state index is -0.802. The van der Waals surface area contributed by atoms with Crippen molar-refractivity contribution in [3.8, 4) is 0 Å². The first-order valence-corrected chi connectivity index (χ1v) is 5.71. The van der Waals surface area contributed by atoms with E-state index in [0.29, 0.717) is 12.5 Å². The zero-order chi connectivity index (χ0) is 11.1. The van der Waals surface area contributed by atoms with Crippen molar-refractivity contribution in [2.45, 2.75) is 18.8 Å². The molecule has 0 heterocycles. The van der Waals surface area contributed by atoms with E-state index in [4.69, 9.17) is 9.84 Å². The molecular weight excluding hydrogens is 212 g/mol. The lowest BCUT2D eigenvalue weighted by Crippen LogP contribution is -2.12. The van der Waals surface area contributed by atoms with E-state index in [2.05, 4.69) is 0 Å². The van der Waals surface area contributed by atoms with Crippen LogP contribution in [0, 0.1) is 0 Å². The average molecular weight is 226 g/mol. The van der Waals surface area contributed by atoms with Crippen LogP contribution in [-0.2, 0) is 16.1 Å². The highest BCUT2D eigenvalue weighted by molar-refractivity contribution is 8.00. The van der Waals surface area contributed by atoms with Crippen molar-refractivity contribution in [1.29, 1.82) is 0 Å². The van der Waals surface area contributed by atoms with Gasteiger partial charge in [0.25, 0.3) is 0 Å². The van der Waals surface area contributed by atoms with Crippen molar-refractivity contribution >= 4 is 17.7 Å². The zero-order valence-corrected chi connectivity index (χ0v) is 9.37. The summed E-state index contributed by atoms with van der Waals surface area (Å²) in [5, 5.41) is 8.21. The zero-order valence-electron chi connectivity index (χ0n) is 8.55. The maximum absolute atomic E-state index is 10.5. The van der Waals surface area contributed by atoms with Crippen molar-refractivity contribution in [2.75, 3.05) is 5.94 Å². The van der Waals surface area contributed by atoms with Crippen LogP contribution < -0.4 is 0 Å². The third kappa shape index (κ3) is 4.85. The summed E-state index contributed by atoms with van der Waals surface area (Å²) in [6.45, 7) is 2.18. The smallest absolute Gasteiger partial charge is 0.316 e. The summed E-state index contributed by atoms with van der Waals surface area (Å²) in [6.07, 6.45) is 0. The molecule has 0 saturated carbocycles. The Morgan fingerprint density at radius 2 is 2.13 bits per heavy atom. The van der Waals surface area contributed by atoms with Crippen molar-refractivity contribution in [3.63, 3.8) is 0 Å². The Balaban J connectivity index is 2.15. The molecule has 0 bridgehead atoms. The van der Waals surface area contributed by atoms with Gasteiger partial charge >= 0.3 is 5.97 Å². The number of carbonyl (C=O) groups is 1. The standard InChI is InChI=1S/C11H14O3S/c1-9(11(12)13)15-8-14-7-10-5-3-2-4-6-10/h2-6,9H,7-8H2,1H3,(H,12,13). The number of ether oxygens (including phenoxy) is 1. The quantitative estimate of drug-likeness (QED) is 0.597. The Labute approximate surface area is 93.4 Å². The Hall–Kier alpha value is -1.00. The summed E-state index contributed by atoms with van der Waals surface area (Å²) >= 11 is 1.28. The predicted octanol–water partition coefficient (Wildman–Crippen LogP) is 2.37. The number of hydrogen-bond acceptors (Lipinski definition) is 3. The Morgan fingerprint density at radius 1 is 1.47 bits per heavy atom. The summed E-state index contributed by atoms with van der Waals surface area (Å²) in [7, 11) is 0. The van der Waals surface area contributed by atoms with Gasteiger partial charge in [0.2, 0.25) is 0 Å². The van der Waals surface area contributed by atoms with Crippen molar-refractivity contribution < 1.29 is 14.6 Å². The van der Waals surface area contributed by atoms with E-state index < -0.39 is 11.2 Å². The largest absolute Gasteiger partial charge is 0.480 e. The SMILES string of the molecule is CC(SCOCc1ccccc1)C(=O)O. The molecule has 1 atom stereocenters. The van der Waals surface area contributed by atoms with E-state index in [9.17, 15) is 4.79 Å². The van der Waals surface area contributed by atoms with E-state index in [1.807, 2.05) is 30.3 Å². The fourth-order valence-corrected chi connectivity index (χ4v) is 1.48. The highest BCUT2D eigenvalue weighted by Crippen LogP contribution is 2.11. The van der Waals surface area contributed by atoms with E-state index in [0.717, 1.165) is 5.56 Å². The van der Waals surface area contributed by atoms with Crippen LogP contribution in [-0.4, -0.2) is 22.3 Å². The van der Waals surface area contributed by atoms with Gasteiger partial charge in [0.05, 0.1) is 12.5 Å². The minimum absolute atomic E-state index is 0.405. The summed E-state index contributed by atoms with van der Waals surface area (Å²) in [6, 6.07) is 9.80. The first-order valence-electron chi connectivity index (χ1n) is 4.66. The Kier molecular flexibility index (Phi) is 5.21. The van der Waals surface area contributed by atoms with Gasteiger partial charge in [0.15, 0.2) is 0 Å². The molecule has 0 spiro atoms. The molecule has 0 aromatic heterocycles. The monoisotopic (exact) mass is 226 g/mol. The molecule has 0 aliphatic rings. The first kappa shape index (κ1) is 12.1. The topological polar surface area (TPSA) is 46.5 Å². The maximum Gasteiger partial charge on any atom is 0.316 e. The molecule has 0 radical (unpaired) electrons. The lowest BCUT2D eigenvalue weighted by Gasteiger charge is -2.06. The predicted molar refractivity (Wildman–Crippen MR) is 60.8 cm³/mol. The molecule has 82 valence electrons. The molecule has 1 unspecified atom stereocenters. The second-order valence-corrected chi connectivity index (χ2v) is 4.38. The van der Waals surface area contributed by atoms with E-state index in [1.54, 1.807) is 6.92 Å². The molecule has 1 N–H and O–H groups in total.